The lowest BCUT2D eigenvalue weighted by atomic mass is 9.92. The lowest BCUT2D eigenvalue weighted by Crippen LogP contribution is -2.32. The second-order valence-electron chi connectivity index (χ2n) is 6.63. The SMILES string of the molecule is CC(C)c1ccc(NC(=O)C(C)(C)CCl)c(C(C)C)c1. The summed E-state index contributed by atoms with van der Waals surface area (Å²) in [6.45, 7) is 12.3. The summed E-state index contributed by atoms with van der Waals surface area (Å²) in [6, 6.07) is 6.28. The first-order chi connectivity index (χ1) is 9.19. The van der Waals surface area contributed by atoms with Crippen LogP contribution in [0.25, 0.3) is 0 Å². The van der Waals surface area contributed by atoms with Crippen molar-refractivity contribution in [1.82, 2.24) is 0 Å². The molecule has 0 unspecified atom stereocenters. The lowest BCUT2D eigenvalue weighted by molar-refractivity contribution is -0.122. The third-order valence-corrected chi connectivity index (χ3v) is 4.23. The van der Waals surface area contributed by atoms with Crippen LogP contribution >= 0.6 is 11.6 Å². The molecular formula is C17H26ClNO. The molecule has 1 aromatic rings. The standard InChI is InChI=1S/C17H26ClNO/c1-11(2)13-7-8-15(14(9-13)12(3)4)19-16(20)17(5,6)10-18/h7-9,11-12H,10H2,1-6H3,(H,19,20). The quantitative estimate of drug-likeness (QED) is 0.749. The van der Waals surface area contributed by atoms with E-state index in [4.69, 9.17) is 11.6 Å². The van der Waals surface area contributed by atoms with Crippen LogP contribution in [0, 0.1) is 5.41 Å². The number of carbonyl (C=O) groups excluding carboxylic acids is 1. The van der Waals surface area contributed by atoms with Gasteiger partial charge in [0.25, 0.3) is 0 Å². The van der Waals surface area contributed by atoms with E-state index in [9.17, 15) is 4.79 Å². The van der Waals surface area contributed by atoms with Gasteiger partial charge in [-0.25, -0.2) is 0 Å². The molecule has 0 aliphatic carbocycles. The molecule has 3 heteroatoms. The highest BCUT2D eigenvalue weighted by molar-refractivity contribution is 6.20. The van der Waals surface area contributed by atoms with Gasteiger partial charge < -0.3 is 5.32 Å². The molecule has 0 atom stereocenters. The highest BCUT2D eigenvalue weighted by Gasteiger charge is 2.27. The van der Waals surface area contributed by atoms with Crippen LogP contribution in [0.3, 0.4) is 0 Å². The Morgan fingerprint density at radius 1 is 1.20 bits per heavy atom. The molecular weight excluding hydrogens is 270 g/mol. The van der Waals surface area contributed by atoms with Crippen molar-refractivity contribution in [3.05, 3.63) is 29.3 Å². The first-order valence-electron chi connectivity index (χ1n) is 7.20. The minimum absolute atomic E-state index is 0.0355. The number of anilines is 1. The van der Waals surface area contributed by atoms with E-state index in [-0.39, 0.29) is 5.91 Å². The summed E-state index contributed by atoms with van der Waals surface area (Å²) in [5, 5.41) is 3.03. The van der Waals surface area contributed by atoms with Crippen molar-refractivity contribution in [3.63, 3.8) is 0 Å². The summed E-state index contributed by atoms with van der Waals surface area (Å²) in [7, 11) is 0. The molecule has 0 aromatic heterocycles. The maximum Gasteiger partial charge on any atom is 0.231 e. The van der Waals surface area contributed by atoms with E-state index in [1.165, 1.54) is 11.1 Å². The van der Waals surface area contributed by atoms with Crippen molar-refractivity contribution in [2.45, 2.75) is 53.4 Å². The van der Waals surface area contributed by atoms with Crippen LogP contribution in [-0.2, 0) is 4.79 Å². The fourth-order valence-electron chi connectivity index (χ4n) is 1.88. The Labute approximate surface area is 127 Å². The van der Waals surface area contributed by atoms with Gasteiger partial charge in [-0.3, -0.25) is 4.79 Å². The van der Waals surface area contributed by atoms with E-state index in [0.717, 1.165) is 5.69 Å². The molecule has 1 rings (SSSR count). The second-order valence-corrected chi connectivity index (χ2v) is 6.89. The molecule has 0 spiro atoms. The van der Waals surface area contributed by atoms with Gasteiger partial charge in [0.1, 0.15) is 0 Å². The third kappa shape index (κ3) is 3.99. The van der Waals surface area contributed by atoms with Crippen LogP contribution in [0.15, 0.2) is 18.2 Å². The molecule has 112 valence electrons. The number of hydrogen-bond acceptors (Lipinski definition) is 1. The van der Waals surface area contributed by atoms with Crippen LogP contribution in [0.4, 0.5) is 5.69 Å². The average molecular weight is 296 g/mol. The Bertz CT molecular complexity index is 478. The Balaban J connectivity index is 3.10. The summed E-state index contributed by atoms with van der Waals surface area (Å²) in [5.41, 5.74) is 2.80. The Morgan fingerprint density at radius 2 is 1.80 bits per heavy atom. The molecule has 1 aromatic carbocycles. The van der Waals surface area contributed by atoms with Crippen LogP contribution in [0.1, 0.15) is 64.5 Å². The van der Waals surface area contributed by atoms with Gasteiger partial charge in [0, 0.05) is 11.6 Å². The second kappa shape index (κ2) is 6.62. The monoisotopic (exact) mass is 295 g/mol. The van der Waals surface area contributed by atoms with Gasteiger partial charge in [0.05, 0.1) is 5.41 Å². The molecule has 0 saturated heterocycles. The molecule has 0 heterocycles. The van der Waals surface area contributed by atoms with Gasteiger partial charge in [-0.2, -0.15) is 0 Å². The van der Waals surface area contributed by atoms with Gasteiger partial charge in [0.2, 0.25) is 5.91 Å². The molecule has 1 amide bonds. The summed E-state index contributed by atoms with van der Waals surface area (Å²) in [5.74, 6) is 1.12. The van der Waals surface area contributed by atoms with E-state index in [1.54, 1.807) is 0 Å². The van der Waals surface area contributed by atoms with Crippen LogP contribution in [0.5, 0.6) is 0 Å². The third-order valence-electron chi connectivity index (χ3n) is 3.56. The highest BCUT2D eigenvalue weighted by atomic mass is 35.5. The topological polar surface area (TPSA) is 29.1 Å². The maximum atomic E-state index is 12.3. The summed E-state index contributed by atoms with van der Waals surface area (Å²) in [4.78, 5) is 12.3. The zero-order valence-electron chi connectivity index (χ0n) is 13.4. The molecule has 20 heavy (non-hydrogen) atoms. The molecule has 0 bridgehead atoms. The van der Waals surface area contributed by atoms with E-state index < -0.39 is 5.41 Å². The number of amides is 1. The maximum absolute atomic E-state index is 12.3. The fraction of sp³-hybridized carbons (Fsp3) is 0.588. The lowest BCUT2D eigenvalue weighted by Gasteiger charge is -2.23. The zero-order valence-corrected chi connectivity index (χ0v) is 14.1. The van der Waals surface area contributed by atoms with Crippen LogP contribution in [-0.4, -0.2) is 11.8 Å². The van der Waals surface area contributed by atoms with Gasteiger partial charge in [-0.15, -0.1) is 11.6 Å². The van der Waals surface area contributed by atoms with Gasteiger partial charge in [-0.1, -0.05) is 39.8 Å². The Kier molecular flexibility index (Phi) is 5.64. The number of rotatable bonds is 5. The largest absolute Gasteiger partial charge is 0.325 e. The summed E-state index contributed by atoms with van der Waals surface area (Å²) < 4.78 is 0. The van der Waals surface area contributed by atoms with Crippen molar-refractivity contribution in [2.24, 2.45) is 5.41 Å². The number of benzene rings is 1. The van der Waals surface area contributed by atoms with Crippen molar-refractivity contribution >= 4 is 23.2 Å². The molecule has 1 N–H and O–H groups in total. The smallest absolute Gasteiger partial charge is 0.231 e. The molecule has 0 fully saturated rings. The molecule has 0 saturated carbocycles. The number of halogens is 1. The zero-order chi connectivity index (χ0) is 15.5. The van der Waals surface area contributed by atoms with Gasteiger partial charge in [0.15, 0.2) is 0 Å². The predicted octanol–water partition coefficient (Wildman–Crippen LogP) is 5.14. The fourth-order valence-corrected chi connectivity index (χ4v) is 2.01. The van der Waals surface area contributed by atoms with Gasteiger partial charge >= 0.3 is 0 Å². The van der Waals surface area contributed by atoms with E-state index in [1.807, 2.05) is 19.9 Å². The first kappa shape index (κ1) is 17.0. The molecule has 0 radical (unpaired) electrons. The Morgan fingerprint density at radius 3 is 2.25 bits per heavy atom. The average Bonchev–Trinajstić information content (AvgIpc) is 2.38. The van der Waals surface area contributed by atoms with Crippen molar-refractivity contribution in [3.8, 4) is 0 Å². The van der Waals surface area contributed by atoms with Crippen molar-refractivity contribution in [1.29, 1.82) is 0 Å². The number of carbonyl (C=O) groups is 1. The van der Waals surface area contributed by atoms with Crippen molar-refractivity contribution in [2.75, 3.05) is 11.2 Å². The molecule has 0 aliphatic heterocycles. The minimum atomic E-state index is -0.563. The highest BCUT2D eigenvalue weighted by Crippen LogP contribution is 2.30. The van der Waals surface area contributed by atoms with Crippen molar-refractivity contribution < 1.29 is 4.79 Å². The normalized spacial score (nSPS) is 12.1. The minimum Gasteiger partial charge on any atom is -0.325 e. The van der Waals surface area contributed by atoms with Gasteiger partial charge in [-0.05, 0) is 42.9 Å². The number of alkyl halides is 1. The van der Waals surface area contributed by atoms with Crippen LogP contribution < -0.4 is 5.32 Å². The predicted molar refractivity (Wildman–Crippen MR) is 87.8 cm³/mol. The molecule has 2 nitrogen and oxygen atoms in total. The Hall–Kier alpha value is -1.02. The molecule has 0 aliphatic rings. The van der Waals surface area contributed by atoms with E-state index >= 15 is 0 Å². The number of hydrogen-bond donors (Lipinski definition) is 1. The van der Waals surface area contributed by atoms with E-state index in [0.29, 0.717) is 17.7 Å². The first-order valence-corrected chi connectivity index (χ1v) is 7.73. The number of nitrogens with one attached hydrogen (secondary N) is 1. The van der Waals surface area contributed by atoms with E-state index in [2.05, 4.69) is 45.1 Å². The van der Waals surface area contributed by atoms with Crippen LogP contribution in [0.2, 0.25) is 0 Å². The summed E-state index contributed by atoms with van der Waals surface area (Å²) in [6.07, 6.45) is 0. The summed E-state index contributed by atoms with van der Waals surface area (Å²) >= 11 is 5.86.